The van der Waals surface area contributed by atoms with Crippen LogP contribution < -0.4 is 14.8 Å². The maximum Gasteiger partial charge on any atom is 0.586 e. The zero-order chi connectivity index (χ0) is 19.0. The van der Waals surface area contributed by atoms with Crippen molar-refractivity contribution in [2.24, 2.45) is 0 Å². The monoisotopic (exact) mass is 395 g/mol. The first-order valence-corrected chi connectivity index (χ1v) is 9.20. The van der Waals surface area contributed by atoms with Crippen LogP contribution in [-0.2, 0) is 22.4 Å². The zero-order valence-electron chi connectivity index (χ0n) is 14.1. The normalized spacial score (nSPS) is 16.5. The lowest BCUT2D eigenvalue weighted by Crippen LogP contribution is -2.25. The Hall–Kier alpha value is -2.68. The minimum Gasteiger partial charge on any atom is -0.451 e. The number of hydrogen-bond donors (Lipinski definition) is 1. The Bertz CT molecular complexity index is 888. The van der Waals surface area contributed by atoms with Gasteiger partial charge in [-0.25, -0.2) is 4.79 Å². The number of benzene rings is 1. The molecular formula is C18H15F2NO5S. The Kier molecular flexibility index (Phi) is 4.47. The first-order valence-electron chi connectivity index (χ1n) is 8.38. The molecule has 142 valence electrons. The highest BCUT2D eigenvalue weighted by atomic mass is 32.1. The summed E-state index contributed by atoms with van der Waals surface area (Å²) in [6, 6.07) is 5.69. The van der Waals surface area contributed by atoms with E-state index in [0.717, 1.165) is 25.7 Å². The van der Waals surface area contributed by atoms with E-state index in [4.69, 9.17) is 4.74 Å². The Balaban J connectivity index is 1.32. The molecule has 4 rings (SSSR count). The number of nitrogens with one attached hydrogen (secondary N) is 1. The fraction of sp³-hybridized carbons (Fsp3) is 0.333. The summed E-state index contributed by atoms with van der Waals surface area (Å²) < 4.78 is 39.6. The lowest BCUT2D eigenvalue weighted by molar-refractivity contribution is -0.286. The molecule has 0 fully saturated rings. The van der Waals surface area contributed by atoms with Crippen LogP contribution in [-0.4, -0.2) is 24.8 Å². The average Bonchev–Trinajstić information content (AvgIpc) is 3.18. The highest BCUT2D eigenvalue weighted by Gasteiger charge is 2.43. The number of halogens is 2. The Labute approximate surface area is 157 Å². The number of esters is 1. The number of thiophene rings is 1. The predicted octanol–water partition coefficient (Wildman–Crippen LogP) is 3.74. The minimum atomic E-state index is -3.72. The number of alkyl halides is 2. The van der Waals surface area contributed by atoms with Gasteiger partial charge in [-0.1, -0.05) is 0 Å². The number of hydrogen-bond acceptors (Lipinski definition) is 6. The molecule has 1 aliphatic carbocycles. The van der Waals surface area contributed by atoms with Crippen LogP contribution in [0.2, 0.25) is 0 Å². The van der Waals surface area contributed by atoms with Gasteiger partial charge in [0.25, 0.3) is 5.91 Å². The molecule has 1 aliphatic heterocycles. The number of anilines is 1. The van der Waals surface area contributed by atoms with E-state index in [-0.39, 0.29) is 17.2 Å². The molecule has 1 aromatic heterocycles. The Morgan fingerprint density at radius 2 is 1.93 bits per heavy atom. The highest BCUT2D eigenvalue weighted by molar-refractivity contribution is 7.14. The van der Waals surface area contributed by atoms with Crippen molar-refractivity contribution in [3.8, 4) is 11.5 Å². The summed E-state index contributed by atoms with van der Waals surface area (Å²) in [5, 5.41) is 2.46. The van der Waals surface area contributed by atoms with Crippen molar-refractivity contribution in [2.75, 3.05) is 11.9 Å². The lowest BCUT2D eigenvalue weighted by Gasteiger charge is -2.08. The van der Waals surface area contributed by atoms with E-state index >= 15 is 0 Å². The smallest absolute Gasteiger partial charge is 0.451 e. The number of ether oxygens (including phenoxy) is 3. The van der Waals surface area contributed by atoms with Crippen LogP contribution in [0.3, 0.4) is 0 Å². The first kappa shape index (κ1) is 17.7. The molecule has 1 aromatic carbocycles. The molecule has 0 radical (unpaired) electrons. The van der Waals surface area contributed by atoms with Crippen LogP contribution in [0.15, 0.2) is 24.3 Å². The van der Waals surface area contributed by atoms with Crippen LogP contribution in [0.5, 0.6) is 11.5 Å². The summed E-state index contributed by atoms with van der Waals surface area (Å²) in [7, 11) is 0. The van der Waals surface area contributed by atoms with Crippen molar-refractivity contribution in [3.05, 3.63) is 39.6 Å². The molecule has 1 amide bonds. The number of amides is 1. The minimum absolute atomic E-state index is 0.119. The lowest BCUT2D eigenvalue weighted by atomic mass is 9.99. The van der Waals surface area contributed by atoms with Crippen LogP contribution in [0.25, 0.3) is 0 Å². The molecule has 0 saturated carbocycles. The van der Waals surface area contributed by atoms with E-state index < -0.39 is 24.8 Å². The van der Waals surface area contributed by atoms with Gasteiger partial charge in [-0.3, -0.25) is 4.79 Å². The van der Waals surface area contributed by atoms with Crippen LogP contribution in [0, 0.1) is 0 Å². The molecule has 0 atom stereocenters. The largest absolute Gasteiger partial charge is 0.586 e. The van der Waals surface area contributed by atoms with Crippen LogP contribution in [0.4, 0.5) is 14.5 Å². The van der Waals surface area contributed by atoms with Crippen molar-refractivity contribution < 1.29 is 32.6 Å². The third-order valence-electron chi connectivity index (χ3n) is 4.22. The van der Waals surface area contributed by atoms with Crippen molar-refractivity contribution in [1.29, 1.82) is 0 Å². The van der Waals surface area contributed by atoms with Gasteiger partial charge in [0, 0.05) is 16.6 Å². The fourth-order valence-corrected chi connectivity index (χ4v) is 4.16. The van der Waals surface area contributed by atoms with Gasteiger partial charge in [-0.05, 0) is 49.4 Å². The van der Waals surface area contributed by atoms with Crippen molar-refractivity contribution in [3.63, 3.8) is 0 Å². The molecule has 0 spiro atoms. The van der Waals surface area contributed by atoms with E-state index in [1.165, 1.54) is 40.0 Å². The summed E-state index contributed by atoms with van der Waals surface area (Å²) in [6.07, 6.45) is 0.439. The van der Waals surface area contributed by atoms with Crippen molar-refractivity contribution >= 4 is 28.9 Å². The van der Waals surface area contributed by atoms with E-state index in [1.54, 1.807) is 0 Å². The second-order valence-electron chi connectivity index (χ2n) is 6.22. The molecule has 0 saturated heterocycles. The van der Waals surface area contributed by atoms with Gasteiger partial charge in [0.15, 0.2) is 18.1 Å². The highest BCUT2D eigenvalue weighted by Crippen LogP contribution is 2.42. The second kappa shape index (κ2) is 6.80. The second-order valence-corrected chi connectivity index (χ2v) is 7.36. The molecular weight excluding hydrogens is 380 g/mol. The van der Waals surface area contributed by atoms with Gasteiger partial charge in [-0.2, -0.15) is 0 Å². The Morgan fingerprint density at radius 1 is 1.15 bits per heavy atom. The van der Waals surface area contributed by atoms with E-state index in [9.17, 15) is 18.4 Å². The number of rotatable bonds is 4. The van der Waals surface area contributed by atoms with E-state index in [0.29, 0.717) is 4.88 Å². The molecule has 1 N–H and O–H groups in total. The molecule has 27 heavy (non-hydrogen) atoms. The van der Waals surface area contributed by atoms with E-state index in [2.05, 4.69) is 14.8 Å². The summed E-state index contributed by atoms with van der Waals surface area (Å²) in [5.74, 6) is -1.43. The van der Waals surface area contributed by atoms with Crippen LogP contribution in [0.1, 0.15) is 33.0 Å². The van der Waals surface area contributed by atoms with Gasteiger partial charge < -0.3 is 19.5 Å². The summed E-state index contributed by atoms with van der Waals surface area (Å²) in [4.78, 5) is 25.8. The number of fused-ring (bicyclic) bond motifs is 2. The first-order chi connectivity index (χ1) is 12.9. The summed E-state index contributed by atoms with van der Waals surface area (Å²) in [5.41, 5.74) is 1.41. The van der Waals surface area contributed by atoms with Crippen LogP contribution >= 0.6 is 11.3 Å². The summed E-state index contributed by atoms with van der Waals surface area (Å²) in [6.45, 7) is -0.480. The van der Waals surface area contributed by atoms with Gasteiger partial charge in [0.1, 0.15) is 4.88 Å². The molecule has 9 heteroatoms. The standard InChI is InChI=1S/C18H15F2NO5S/c19-18(20)25-12-6-5-11(8-13(12)26-18)21-16(22)9-24-17(23)15-7-10-3-1-2-4-14(10)27-15/h5-8H,1-4,9H2,(H,21,22). The SMILES string of the molecule is O=C(COC(=O)c1cc2c(s1)CCCC2)Nc1ccc2c(c1)OC(F)(F)O2. The maximum absolute atomic E-state index is 13.0. The van der Waals surface area contributed by atoms with Crippen molar-refractivity contribution in [2.45, 2.75) is 32.0 Å². The molecule has 2 aliphatic rings. The number of aryl methyl sites for hydroxylation is 2. The molecule has 2 aromatic rings. The molecule has 6 nitrogen and oxygen atoms in total. The Morgan fingerprint density at radius 3 is 2.74 bits per heavy atom. The van der Waals surface area contributed by atoms with E-state index in [1.807, 2.05) is 6.07 Å². The zero-order valence-corrected chi connectivity index (χ0v) is 14.9. The third kappa shape index (κ3) is 3.87. The average molecular weight is 395 g/mol. The topological polar surface area (TPSA) is 73.9 Å². The van der Waals surface area contributed by atoms with Gasteiger partial charge >= 0.3 is 12.3 Å². The molecule has 2 heterocycles. The van der Waals surface area contributed by atoms with Gasteiger partial charge in [0.2, 0.25) is 0 Å². The third-order valence-corrected chi connectivity index (χ3v) is 5.43. The molecule has 0 bridgehead atoms. The van der Waals surface area contributed by atoms with Gasteiger partial charge in [-0.15, -0.1) is 20.1 Å². The number of carbonyl (C=O) groups is 2. The fourth-order valence-electron chi connectivity index (χ4n) is 3.02. The summed E-state index contributed by atoms with van der Waals surface area (Å²) >= 11 is 1.40. The predicted molar refractivity (Wildman–Crippen MR) is 92.5 cm³/mol. The number of carbonyl (C=O) groups excluding carboxylic acids is 2. The van der Waals surface area contributed by atoms with Crippen molar-refractivity contribution in [1.82, 2.24) is 0 Å². The quantitative estimate of drug-likeness (QED) is 0.799. The molecule has 0 unspecified atom stereocenters. The maximum atomic E-state index is 13.0. The van der Waals surface area contributed by atoms with Gasteiger partial charge in [0.05, 0.1) is 0 Å².